The third-order valence-corrected chi connectivity index (χ3v) is 2.77. The smallest absolute Gasteiger partial charge is 0.416 e. The summed E-state index contributed by atoms with van der Waals surface area (Å²) in [6, 6.07) is 6.21. The van der Waals surface area contributed by atoms with Gasteiger partial charge in [0.1, 0.15) is 0 Å². The second-order valence-electron chi connectivity index (χ2n) is 4.29. The number of halogens is 4. The maximum atomic E-state index is 13.2. The summed E-state index contributed by atoms with van der Waals surface area (Å²) in [6.45, 7) is 0. The quantitative estimate of drug-likeness (QED) is 0.696. The molecule has 21 heavy (non-hydrogen) atoms. The Kier molecular flexibility index (Phi) is 3.93. The zero-order valence-corrected chi connectivity index (χ0v) is 10.5. The molecule has 110 valence electrons. The maximum Gasteiger partial charge on any atom is 0.416 e. The lowest BCUT2D eigenvalue weighted by molar-refractivity contribution is -0.138. The molecule has 1 aromatic heterocycles. The molecule has 0 fully saturated rings. The van der Waals surface area contributed by atoms with Gasteiger partial charge in [-0.2, -0.15) is 17.6 Å². The van der Waals surface area contributed by atoms with Crippen molar-refractivity contribution in [1.29, 1.82) is 0 Å². The highest BCUT2D eigenvalue weighted by atomic mass is 19.4. The number of alkyl halides is 3. The second-order valence-corrected chi connectivity index (χ2v) is 4.29. The van der Waals surface area contributed by atoms with Gasteiger partial charge in [-0.1, -0.05) is 18.2 Å². The molecule has 0 saturated heterocycles. The minimum absolute atomic E-state index is 0.0196. The molecule has 0 unspecified atom stereocenters. The number of pyridine rings is 1. The van der Waals surface area contributed by atoms with E-state index in [4.69, 9.17) is 5.11 Å². The highest BCUT2D eigenvalue weighted by Crippen LogP contribution is 2.31. The molecule has 2 aromatic rings. The Hall–Kier alpha value is -2.44. The minimum atomic E-state index is -4.47. The number of aliphatic carboxylic acids is 1. The molecule has 0 aliphatic heterocycles. The number of aromatic nitrogens is 1. The zero-order valence-electron chi connectivity index (χ0n) is 10.5. The van der Waals surface area contributed by atoms with E-state index in [0.717, 1.165) is 30.3 Å². The lowest BCUT2D eigenvalue weighted by atomic mass is 10.0. The van der Waals surface area contributed by atoms with Crippen molar-refractivity contribution >= 4 is 5.97 Å². The van der Waals surface area contributed by atoms with Gasteiger partial charge in [-0.25, -0.2) is 4.98 Å². The largest absolute Gasteiger partial charge is 0.481 e. The van der Waals surface area contributed by atoms with E-state index in [0.29, 0.717) is 0 Å². The van der Waals surface area contributed by atoms with Gasteiger partial charge >= 0.3 is 12.1 Å². The van der Waals surface area contributed by atoms with Gasteiger partial charge in [0.05, 0.1) is 17.7 Å². The molecule has 0 spiro atoms. The number of carboxylic acid groups (broad SMARTS) is 1. The molecule has 3 nitrogen and oxygen atoms in total. The number of nitrogens with zero attached hydrogens (tertiary/aromatic N) is 1. The Morgan fingerprint density at radius 3 is 2.24 bits per heavy atom. The molecule has 0 aliphatic rings. The van der Waals surface area contributed by atoms with Crippen LogP contribution in [0.3, 0.4) is 0 Å². The third kappa shape index (κ3) is 3.56. The summed E-state index contributed by atoms with van der Waals surface area (Å²) in [5.74, 6) is -1.98. The first-order valence-corrected chi connectivity index (χ1v) is 5.82. The van der Waals surface area contributed by atoms with Crippen molar-refractivity contribution in [2.45, 2.75) is 12.6 Å². The van der Waals surface area contributed by atoms with Crippen molar-refractivity contribution in [1.82, 2.24) is 4.98 Å². The fraction of sp³-hybridized carbons (Fsp3) is 0.143. The Morgan fingerprint density at radius 1 is 1.10 bits per heavy atom. The van der Waals surface area contributed by atoms with Crippen LogP contribution in [-0.4, -0.2) is 16.1 Å². The van der Waals surface area contributed by atoms with Crippen LogP contribution in [0.15, 0.2) is 36.4 Å². The number of carbonyl (C=O) groups is 1. The van der Waals surface area contributed by atoms with Crippen LogP contribution in [0.2, 0.25) is 0 Å². The monoisotopic (exact) mass is 299 g/mol. The molecule has 0 atom stereocenters. The molecular weight excluding hydrogens is 290 g/mol. The molecule has 7 heteroatoms. The normalized spacial score (nSPS) is 11.4. The molecule has 1 aromatic carbocycles. The van der Waals surface area contributed by atoms with Crippen LogP contribution in [0.25, 0.3) is 11.3 Å². The molecule has 1 N–H and O–H groups in total. The predicted octanol–water partition coefficient (Wildman–Crippen LogP) is 3.53. The Balaban J connectivity index is 2.45. The maximum absolute atomic E-state index is 13.2. The van der Waals surface area contributed by atoms with E-state index in [-0.39, 0.29) is 16.8 Å². The van der Waals surface area contributed by atoms with Crippen LogP contribution < -0.4 is 0 Å². The molecular formula is C14H9F4NO2. The van der Waals surface area contributed by atoms with Crippen molar-refractivity contribution < 1.29 is 27.5 Å². The zero-order chi connectivity index (χ0) is 15.6. The predicted molar refractivity (Wildman–Crippen MR) is 66.0 cm³/mol. The van der Waals surface area contributed by atoms with E-state index >= 15 is 0 Å². The molecule has 0 amide bonds. The van der Waals surface area contributed by atoms with Crippen molar-refractivity contribution in [2.75, 3.05) is 0 Å². The summed E-state index contributed by atoms with van der Waals surface area (Å²) in [5, 5.41) is 8.79. The lowest BCUT2D eigenvalue weighted by Gasteiger charge is -2.10. The third-order valence-electron chi connectivity index (χ3n) is 2.77. The molecule has 2 rings (SSSR count). The number of benzene rings is 1. The van der Waals surface area contributed by atoms with Gasteiger partial charge in [0.2, 0.25) is 5.95 Å². The van der Waals surface area contributed by atoms with E-state index in [1.165, 1.54) is 6.07 Å². The summed E-state index contributed by atoms with van der Waals surface area (Å²) in [5.41, 5.74) is -0.379. The van der Waals surface area contributed by atoms with Crippen molar-refractivity contribution in [2.24, 2.45) is 0 Å². The summed E-state index contributed by atoms with van der Waals surface area (Å²) in [6.07, 6.45) is -4.87. The standard InChI is InChI=1S/C14H9F4NO2/c15-11-6-3-9(7-12(20)21)13(19-11)8-1-4-10(5-2-8)14(16,17)18/h1-6H,7H2,(H,20,21). The van der Waals surface area contributed by atoms with Crippen LogP contribution in [0.4, 0.5) is 17.6 Å². The molecule has 0 saturated carbocycles. The highest BCUT2D eigenvalue weighted by molar-refractivity contribution is 5.75. The molecule has 1 heterocycles. The minimum Gasteiger partial charge on any atom is -0.481 e. The van der Waals surface area contributed by atoms with Gasteiger partial charge in [0.25, 0.3) is 0 Å². The SMILES string of the molecule is O=C(O)Cc1ccc(F)nc1-c1ccc(C(F)(F)F)cc1. The fourth-order valence-corrected chi connectivity index (χ4v) is 1.84. The van der Waals surface area contributed by atoms with Crippen LogP contribution in [0.1, 0.15) is 11.1 Å². The van der Waals surface area contributed by atoms with Crippen molar-refractivity contribution in [3.63, 3.8) is 0 Å². The van der Waals surface area contributed by atoms with Crippen LogP contribution in [0.5, 0.6) is 0 Å². The average Bonchev–Trinajstić information content (AvgIpc) is 2.39. The van der Waals surface area contributed by atoms with E-state index in [9.17, 15) is 22.4 Å². The van der Waals surface area contributed by atoms with Gasteiger partial charge in [-0.15, -0.1) is 0 Å². The first kappa shape index (κ1) is 15.0. The molecule has 0 bridgehead atoms. The lowest BCUT2D eigenvalue weighted by Crippen LogP contribution is -2.06. The summed E-state index contributed by atoms with van der Waals surface area (Å²) in [4.78, 5) is 14.3. The van der Waals surface area contributed by atoms with Gasteiger partial charge in [-0.3, -0.25) is 4.79 Å². The van der Waals surface area contributed by atoms with Gasteiger partial charge < -0.3 is 5.11 Å². The Labute approximate surface area is 116 Å². The van der Waals surface area contributed by atoms with E-state index in [1.54, 1.807) is 0 Å². The summed E-state index contributed by atoms with van der Waals surface area (Å²) < 4.78 is 50.7. The van der Waals surface area contributed by atoms with E-state index < -0.39 is 30.1 Å². The van der Waals surface area contributed by atoms with Crippen LogP contribution in [-0.2, 0) is 17.4 Å². The number of hydrogen-bond acceptors (Lipinski definition) is 2. The van der Waals surface area contributed by atoms with Gasteiger partial charge in [-0.05, 0) is 23.8 Å². The number of hydrogen-bond donors (Lipinski definition) is 1. The van der Waals surface area contributed by atoms with Crippen molar-refractivity contribution in [3.8, 4) is 11.3 Å². The summed E-state index contributed by atoms with van der Waals surface area (Å²) >= 11 is 0. The van der Waals surface area contributed by atoms with E-state index in [1.807, 2.05) is 0 Å². The Morgan fingerprint density at radius 2 is 1.71 bits per heavy atom. The molecule has 0 radical (unpaired) electrons. The number of rotatable bonds is 3. The van der Waals surface area contributed by atoms with Crippen LogP contribution in [0, 0.1) is 5.95 Å². The fourth-order valence-electron chi connectivity index (χ4n) is 1.84. The number of carboxylic acids is 1. The summed E-state index contributed by atoms with van der Waals surface area (Å²) in [7, 11) is 0. The highest BCUT2D eigenvalue weighted by Gasteiger charge is 2.30. The Bertz CT molecular complexity index is 666. The second kappa shape index (κ2) is 5.51. The first-order valence-electron chi connectivity index (χ1n) is 5.82. The van der Waals surface area contributed by atoms with Gasteiger partial charge in [0, 0.05) is 5.56 Å². The molecule has 0 aliphatic carbocycles. The first-order chi connectivity index (χ1) is 9.77. The average molecular weight is 299 g/mol. The van der Waals surface area contributed by atoms with Gasteiger partial charge in [0.15, 0.2) is 0 Å². The van der Waals surface area contributed by atoms with Crippen molar-refractivity contribution in [3.05, 3.63) is 53.5 Å². The van der Waals surface area contributed by atoms with Crippen LogP contribution >= 0.6 is 0 Å². The topological polar surface area (TPSA) is 50.2 Å². The van der Waals surface area contributed by atoms with E-state index in [2.05, 4.69) is 4.98 Å².